The van der Waals surface area contributed by atoms with E-state index in [1.807, 2.05) is 13.8 Å². The topological polar surface area (TPSA) is 17.1 Å². The molecule has 84 valence electrons. The second kappa shape index (κ2) is 3.89. The van der Waals surface area contributed by atoms with E-state index in [1.54, 1.807) is 6.08 Å². The number of carbonyl (C=O) groups excluding carboxylic acids is 1. The number of hydrogen-bond acceptors (Lipinski definition) is 1. The van der Waals surface area contributed by atoms with Gasteiger partial charge in [0.15, 0.2) is 5.78 Å². The normalized spacial score (nSPS) is 24.6. The van der Waals surface area contributed by atoms with Gasteiger partial charge in [0.1, 0.15) is 0 Å². The molecule has 0 radical (unpaired) electrons. The van der Waals surface area contributed by atoms with Gasteiger partial charge in [-0.1, -0.05) is 37.6 Å². The van der Waals surface area contributed by atoms with Crippen molar-refractivity contribution in [2.24, 2.45) is 11.8 Å². The molecule has 0 fully saturated rings. The van der Waals surface area contributed by atoms with E-state index in [9.17, 15) is 4.79 Å². The molecule has 0 aliphatic heterocycles. The van der Waals surface area contributed by atoms with Gasteiger partial charge in [-0.25, -0.2) is 0 Å². The van der Waals surface area contributed by atoms with Crippen LogP contribution in [0.3, 0.4) is 0 Å². The summed E-state index contributed by atoms with van der Waals surface area (Å²) in [6.07, 6.45) is 8.20. The second-order valence-electron chi connectivity index (χ2n) is 4.99. The Hall–Kier alpha value is -1.37. The van der Waals surface area contributed by atoms with E-state index in [0.29, 0.717) is 5.92 Å². The van der Waals surface area contributed by atoms with Crippen LogP contribution in [0.15, 0.2) is 46.6 Å². The molecule has 1 atom stereocenters. The fourth-order valence-electron chi connectivity index (χ4n) is 2.34. The van der Waals surface area contributed by atoms with Gasteiger partial charge in [0.25, 0.3) is 0 Å². The maximum atomic E-state index is 11.9. The summed E-state index contributed by atoms with van der Waals surface area (Å²) in [6, 6.07) is 0. The van der Waals surface area contributed by atoms with Crippen LogP contribution < -0.4 is 0 Å². The van der Waals surface area contributed by atoms with Crippen molar-refractivity contribution < 1.29 is 4.79 Å². The average Bonchev–Trinajstić information content (AvgIpc) is 2.39. The summed E-state index contributed by atoms with van der Waals surface area (Å²) in [7, 11) is 0. The quantitative estimate of drug-likeness (QED) is 0.651. The van der Waals surface area contributed by atoms with Crippen LogP contribution >= 0.6 is 0 Å². The molecule has 0 spiro atoms. The summed E-state index contributed by atoms with van der Waals surface area (Å²) in [5, 5.41) is 0. The number of ketones is 1. The molecule has 2 rings (SSSR count). The molecule has 1 heteroatoms. The fourth-order valence-corrected chi connectivity index (χ4v) is 2.34. The molecular formula is C15H18O. The zero-order valence-electron chi connectivity index (χ0n) is 10.4. The van der Waals surface area contributed by atoms with E-state index < -0.39 is 0 Å². The van der Waals surface area contributed by atoms with Crippen LogP contribution in [0.1, 0.15) is 27.7 Å². The standard InChI is InChI=1S/C15H18O/c1-9(2)12-6-5-10(3)15-13(8-12)11(4)7-14(15)16/h5-9,15H,1-4H3. The van der Waals surface area contributed by atoms with Gasteiger partial charge in [-0.05, 0) is 42.6 Å². The molecule has 0 aromatic rings. The number of allylic oxidation sites excluding steroid dienone is 8. The van der Waals surface area contributed by atoms with E-state index in [-0.39, 0.29) is 11.7 Å². The summed E-state index contributed by atoms with van der Waals surface area (Å²) in [4.78, 5) is 11.9. The summed E-state index contributed by atoms with van der Waals surface area (Å²) in [6.45, 7) is 8.44. The Bertz CT molecular complexity index is 456. The molecule has 16 heavy (non-hydrogen) atoms. The first-order valence-electron chi connectivity index (χ1n) is 5.83. The van der Waals surface area contributed by atoms with Crippen LogP contribution in [0.4, 0.5) is 0 Å². The molecule has 0 saturated heterocycles. The monoisotopic (exact) mass is 214 g/mol. The van der Waals surface area contributed by atoms with Gasteiger partial charge in [0, 0.05) is 0 Å². The molecule has 0 bridgehead atoms. The fraction of sp³-hybridized carbons (Fsp3) is 0.400. The molecule has 0 saturated carbocycles. The Balaban J connectivity index is 2.52. The van der Waals surface area contributed by atoms with Crippen molar-refractivity contribution in [3.05, 3.63) is 46.6 Å². The van der Waals surface area contributed by atoms with Crippen LogP contribution in [0.5, 0.6) is 0 Å². The molecule has 2 aliphatic rings. The average molecular weight is 214 g/mol. The maximum Gasteiger partial charge on any atom is 0.167 e. The molecule has 2 aliphatic carbocycles. The molecule has 1 nitrogen and oxygen atoms in total. The summed E-state index contributed by atoms with van der Waals surface area (Å²) in [5.74, 6) is 0.710. The van der Waals surface area contributed by atoms with E-state index >= 15 is 0 Å². The highest BCUT2D eigenvalue weighted by Gasteiger charge is 2.30. The molecule has 0 heterocycles. The van der Waals surface area contributed by atoms with Gasteiger partial charge < -0.3 is 0 Å². The van der Waals surface area contributed by atoms with E-state index in [1.165, 1.54) is 11.1 Å². The summed E-state index contributed by atoms with van der Waals surface area (Å²) >= 11 is 0. The van der Waals surface area contributed by atoms with Gasteiger partial charge in [-0.15, -0.1) is 0 Å². The Morgan fingerprint density at radius 3 is 2.44 bits per heavy atom. The van der Waals surface area contributed by atoms with Crippen LogP contribution in [-0.2, 0) is 4.79 Å². The Kier molecular flexibility index (Phi) is 2.71. The molecule has 0 amide bonds. The minimum atomic E-state index is -0.0208. The van der Waals surface area contributed by atoms with Crippen molar-refractivity contribution in [3.63, 3.8) is 0 Å². The van der Waals surface area contributed by atoms with E-state index in [4.69, 9.17) is 0 Å². The molecule has 1 unspecified atom stereocenters. The number of rotatable bonds is 1. The minimum Gasteiger partial charge on any atom is -0.294 e. The van der Waals surface area contributed by atoms with Gasteiger partial charge in [-0.2, -0.15) is 0 Å². The van der Waals surface area contributed by atoms with Crippen LogP contribution in [0.25, 0.3) is 0 Å². The van der Waals surface area contributed by atoms with E-state index in [2.05, 4.69) is 32.1 Å². The van der Waals surface area contributed by atoms with Crippen LogP contribution in [0.2, 0.25) is 0 Å². The van der Waals surface area contributed by atoms with Gasteiger partial charge >= 0.3 is 0 Å². The lowest BCUT2D eigenvalue weighted by atomic mass is 9.90. The summed E-state index contributed by atoms with van der Waals surface area (Å²) < 4.78 is 0. The highest BCUT2D eigenvalue weighted by molar-refractivity contribution is 6.02. The lowest BCUT2D eigenvalue weighted by Crippen LogP contribution is -2.10. The van der Waals surface area contributed by atoms with Crippen molar-refractivity contribution in [2.45, 2.75) is 27.7 Å². The predicted molar refractivity (Wildman–Crippen MR) is 67.0 cm³/mol. The highest BCUT2D eigenvalue weighted by Crippen LogP contribution is 2.37. The molecule has 0 aromatic heterocycles. The van der Waals surface area contributed by atoms with Crippen molar-refractivity contribution in [1.82, 2.24) is 0 Å². The Morgan fingerprint density at radius 1 is 1.12 bits per heavy atom. The summed E-state index contributed by atoms with van der Waals surface area (Å²) in [5.41, 5.74) is 4.77. The van der Waals surface area contributed by atoms with E-state index in [0.717, 1.165) is 11.1 Å². The third-order valence-electron chi connectivity index (χ3n) is 3.39. The van der Waals surface area contributed by atoms with Crippen molar-refractivity contribution >= 4 is 5.78 Å². The first-order valence-corrected chi connectivity index (χ1v) is 5.83. The van der Waals surface area contributed by atoms with Crippen LogP contribution in [-0.4, -0.2) is 5.78 Å². The predicted octanol–water partition coefficient (Wildman–Crippen LogP) is 3.60. The zero-order chi connectivity index (χ0) is 11.9. The lowest BCUT2D eigenvalue weighted by Gasteiger charge is -2.12. The van der Waals surface area contributed by atoms with Crippen LogP contribution in [0, 0.1) is 11.8 Å². The van der Waals surface area contributed by atoms with Gasteiger partial charge in [0.2, 0.25) is 0 Å². The third-order valence-corrected chi connectivity index (χ3v) is 3.39. The first kappa shape index (κ1) is 11.1. The smallest absolute Gasteiger partial charge is 0.167 e. The Morgan fingerprint density at radius 2 is 1.81 bits per heavy atom. The number of hydrogen-bond donors (Lipinski definition) is 0. The maximum absolute atomic E-state index is 11.9. The highest BCUT2D eigenvalue weighted by atomic mass is 16.1. The van der Waals surface area contributed by atoms with Crippen molar-refractivity contribution in [1.29, 1.82) is 0 Å². The number of carbonyl (C=O) groups is 1. The Labute approximate surface area is 97.2 Å². The lowest BCUT2D eigenvalue weighted by molar-refractivity contribution is -0.115. The number of fused-ring (bicyclic) bond motifs is 1. The zero-order valence-corrected chi connectivity index (χ0v) is 10.4. The molecule has 0 aromatic carbocycles. The van der Waals surface area contributed by atoms with Crippen molar-refractivity contribution in [3.8, 4) is 0 Å². The first-order chi connectivity index (χ1) is 7.50. The third kappa shape index (κ3) is 1.71. The minimum absolute atomic E-state index is 0.0208. The van der Waals surface area contributed by atoms with Crippen molar-refractivity contribution in [2.75, 3.05) is 0 Å². The second-order valence-corrected chi connectivity index (χ2v) is 4.99. The van der Waals surface area contributed by atoms with Gasteiger partial charge in [0.05, 0.1) is 5.92 Å². The largest absolute Gasteiger partial charge is 0.294 e. The molecular weight excluding hydrogens is 196 g/mol. The molecule has 0 N–H and O–H groups in total. The SMILES string of the molecule is CC1=CC(=O)C2C(C)=CC=C(C(C)C)C=C12. The van der Waals surface area contributed by atoms with Gasteiger partial charge in [-0.3, -0.25) is 4.79 Å².